The lowest BCUT2D eigenvalue weighted by molar-refractivity contribution is 0.105. The molecule has 1 aliphatic carbocycles. The minimum Gasteiger partial charge on any atom is -0.388 e. The number of fused-ring (bicyclic) bond motifs is 2. The first-order valence-electron chi connectivity index (χ1n) is 8.57. The molecule has 4 atom stereocenters. The molecular formula is C18H23ClN4O. The van der Waals surface area contributed by atoms with Crippen LogP contribution >= 0.6 is 11.6 Å². The van der Waals surface area contributed by atoms with Crippen molar-refractivity contribution in [1.82, 2.24) is 20.3 Å². The van der Waals surface area contributed by atoms with E-state index in [9.17, 15) is 5.11 Å². The van der Waals surface area contributed by atoms with Crippen molar-refractivity contribution in [2.24, 2.45) is 7.05 Å². The maximum absolute atomic E-state index is 10.5. The molecule has 1 saturated heterocycles. The molecular weight excluding hydrogens is 324 g/mol. The monoisotopic (exact) mass is 346 g/mol. The summed E-state index contributed by atoms with van der Waals surface area (Å²) in [6.45, 7) is 2.23. The van der Waals surface area contributed by atoms with Crippen LogP contribution in [0.25, 0.3) is 0 Å². The summed E-state index contributed by atoms with van der Waals surface area (Å²) in [5, 5.41) is 23.2. The fourth-order valence-corrected chi connectivity index (χ4v) is 4.84. The molecule has 128 valence electrons. The zero-order valence-corrected chi connectivity index (χ0v) is 14.8. The number of rotatable bonds is 1. The molecule has 6 heteroatoms. The minimum absolute atomic E-state index is 0.0615. The molecule has 2 aliphatic rings. The maximum atomic E-state index is 10.5. The van der Waals surface area contributed by atoms with Crippen LogP contribution in [0.15, 0.2) is 24.4 Å². The van der Waals surface area contributed by atoms with Gasteiger partial charge >= 0.3 is 0 Å². The Bertz CT molecular complexity index is 761. The smallest absolute Gasteiger partial charge is 0.0996 e. The first kappa shape index (κ1) is 16.1. The van der Waals surface area contributed by atoms with Crippen molar-refractivity contribution in [1.29, 1.82) is 0 Å². The number of hydrogen-bond acceptors (Lipinski definition) is 4. The molecule has 24 heavy (non-hydrogen) atoms. The normalized spacial score (nSPS) is 32.8. The Kier molecular flexibility index (Phi) is 3.90. The number of hydrogen-bond donors (Lipinski definition) is 2. The van der Waals surface area contributed by atoms with Crippen LogP contribution in [0.5, 0.6) is 0 Å². The van der Waals surface area contributed by atoms with Crippen molar-refractivity contribution < 1.29 is 5.11 Å². The average molecular weight is 347 g/mol. The number of benzene rings is 1. The first-order valence-corrected chi connectivity index (χ1v) is 8.95. The van der Waals surface area contributed by atoms with Crippen LogP contribution in [0.4, 0.5) is 0 Å². The van der Waals surface area contributed by atoms with E-state index in [1.807, 2.05) is 25.4 Å². The van der Waals surface area contributed by atoms with E-state index in [1.165, 1.54) is 5.56 Å². The largest absolute Gasteiger partial charge is 0.388 e. The highest BCUT2D eigenvalue weighted by Crippen LogP contribution is 2.51. The van der Waals surface area contributed by atoms with E-state index in [-0.39, 0.29) is 11.5 Å². The van der Waals surface area contributed by atoms with Crippen LogP contribution in [0.1, 0.15) is 61.6 Å². The van der Waals surface area contributed by atoms with E-state index in [0.717, 1.165) is 36.9 Å². The molecule has 1 aromatic heterocycles. The fourth-order valence-electron chi connectivity index (χ4n) is 4.66. The van der Waals surface area contributed by atoms with Gasteiger partial charge in [-0.3, -0.25) is 4.68 Å². The molecule has 5 nitrogen and oxygen atoms in total. The van der Waals surface area contributed by atoms with E-state index >= 15 is 0 Å². The molecule has 0 saturated carbocycles. The van der Waals surface area contributed by atoms with Gasteiger partial charge in [-0.1, -0.05) is 22.9 Å². The predicted octanol–water partition coefficient (Wildman–Crippen LogP) is 3.05. The molecule has 0 radical (unpaired) electrons. The molecule has 2 unspecified atom stereocenters. The summed E-state index contributed by atoms with van der Waals surface area (Å²) in [6, 6.07) is 6.56. The summed E-state index contributed by atoms with van der Waals surface area (Å²) < 4.78 is 1.75. The van der Waals surface area contributed by atoms with E-state index < -0.39 is 6.10 Å². The summed E-state index contributed by atoms with van der Waals surface area (Å²) in [5.74, 6) is 0. The van der Waals surface area contributed by atoms with Crippen molar-refractivity contribution in [3.8, 4) is 0 Å². The third-order valence-corrected chi connectivity index (χ3v) is 5.83. The quantitative estimate of drug-likeness (QED) is 0.833. The van der Waals surface area contributed by atoms with Crippen LogP contribution in [0.3, 0.4) is 0 Å². The molecule has 4 rings (SSSR count). The molecule has 1 aromatic carbocycles. The van der Waals surface area contributed by atoms with E-state index in [4.69, 9.17) is 11.6 Å². The van der Waals surface area contributed by atoms with Gasteiger partial charge in [0.1, 0.15) is 0 Å². The summed E-state index contributed by atoms with van der Waals surface area (Å²) in [6.07, 6.45) is 5.38. The zero-order valence-electron chi connectivity index (χ0n) is 14.0. The van der Waals surface area contributed by atoms with Crippen LogP contribution < -0.4 is 5.32 Å². The van der Waals surface area contributed by atoms with Crippen molar-refractivity contribution >= 4 is 11.6 Å². The number of halogens is 1. The molecule has 1 fully saturated rings. The number of aryl methyl sites for hydroxylation is 1. The van der Waals surface area contributed by atoms with E-state index in [0.29, 0.717) is 11.1 Å². The molecule has 0 amide bonds. The van der Waals surface area contributed by atoms with Gasteiger partial charge < -0.3 is 10.4 Å². The Morgan fingerprint density at radius 2 is 2.21 bits per heavy atom. The van der Waals surface area contributed by atoms with Gasteiger partial charge in [-0.05, 0) is 61.3 Å². The van der Waals surface area contributed by atoms with Gasteiger partial charge in [0.05, 0.1) is 17.8 Å². The van der Waals surface area contributed by atoms with Gasteiger partial charge in [-0.2, -0.15) is 0 Å². The Morgan fingerprint density at radius 1 is 1.38 bits per heavy atom. The number of aliphatic hydroxyl groups is 1. The Hall–Kier alpha value is -1.43. The summed E-state index contributed by atoms with van der Waals surface area (Å²) in [5.41, 5.74) is 3.31. The summed E-state index contributed by atoms with van der Waals surface area (Å²) in [7, 11) is 1.90. The van der Waals surface area contributed by atoms with Gasteiger partial charge in [0.25, 0.3) is 0 Å². The Morgan fingerprint density at radius 3 is 2.96 bits per heavy atom. The van der Waals surface area contributed by atoms with Crippen molar-refractivity contribution in [2.45, 2.75) is 56.2 Å². The van der Waals surface area contributed by atoms with Crippen LogP contribution in [-0.2, 0) is 12.5 Å². The van der Waals surface area contributed by atoms with Crippen molar-refractivity contribution in [3.05, 3.63) is 46.2 Å². The summed E-state index contributed by atoms with van der Waals surface area (Å²) in [4.78, 5) is 0. The lowest BCUT2D eigenvalue weighted by atomic mass is 9.61. The highest BCUT2D eigenvalue weighted by atomic mass is 35.5. The second kappa shape index (κ2) is 5.83. The van der Waals surface area contributed by atoms with Gasteiger partial charge in [0.15, 0.2) is 0 Å². The third kappa shape index (κ3) is 2.65. The number of nitrogens with one attached hydrogen (secondary N) is 1. The second-order valence-electron chi connectivity index (χ2n) is 7.41. The molecule has 2 aromatic rings. The minimum atomic E-state index is -0.413. The predicted molar refractivity (Wildman–Crippen MR) is 92.9 cm³/mol. The van der Waals surface area contributed by atoms with Crippen LogP contribution in [0, 0.1) is 0 Å². The lowest BCUT2D eigenvalue weighted by Crippen LogP contribution is -2.48. The number of aromatic nitrogens is 3. The first-order chi connectivity index (χ1) is 11.5. The van der Waals surface area contributed by atoms with Crippen molar-refractivity contribution in [2.75, 3.05) is 0 Å². The lowest BCUT2D eigenvalue weighted by Gasteiger charge is -2.48. The molecule has 1 spiro atoms. The van der Waals surface area contributed by atoms with Gasteiger partial charge in [0, 0.05) is 24.3 Å². The standard InChI is InChI=1S/C18H23ClN4O/c1-11-8-18(9-15(20-11)16-10-23(2)22-21-16)6-5-17(24)13-7-12(19)3-4-14(13)18/h3-4,7,10-11,15,17,20,24H,5-6,8-9H2,1-2H3/t11-,15-,17?,18?/m0/s1. The topological polar surface area (TPSA) is 63.0 Å². The number of piperidine rings is 1. The Balaban J connectivity index is 1.75. The summed E-state index contributed by atoms with van der Waals surface area (Å²) >= 11 is 6.18. The van der Waals surface area contributed by atoms with E-state index in [1.54, 1.807) is 4.68 Å². The highest BCUT2D eigenvalue weighted by molar-refractivity contribution is 6.30. The van der Waals surface area contributed by atoms with Crippen molar-refractivity contribution in [3.63, 3.8) is 0 Å². The van der Waals surface area contributed by atoms with Crippen LogP contribution in [0.2, 0.25) is 5.02 Å². The Labute approximate surface area is 147 Å². The van der Waals surface area contributed by atoms with Crippen LogP contribution in [-0.4, -0.2) is 26.1 Å². The van der Waals surface area contributed by atoms with E-state index in [2.05, 4.69) is 28.6 Å². The number of aliphatic hydroxyl groups excluding tert-OH is 1. The maximum Gasteiger partial charge on any atom is 0.0996 e. The molecule has 2 N–H and O–H groups in total. The third-order valence-electron chi connectivity index (χ3n) is 5.60. The zero-order chi connectivity index (χ0) is 16.9. The highest BCUT2D eigenvalue weighted by Gasteiger charge is 2.45. The van der Waals surface area contributed by atoms with Gasteiger partial charge in [-0.15, -0.1) is 5.10 Å². The number of nitrogens with zero attached hydrogens (tertiary/aromatic N) is 3. The molecule has 1 aliphatic heterocycles. The second-order valence-corrected chi connectivity index (χ2v) is 7.85. The fraction of sp³-hybridized carbons (Fsp3) is 0.556. The average Bonchev–Trinajstić information content (AvgIpc) is 2.97. The SMILES string of the molecule is C[C@H]1CC2(CCC(O)c3cc(Cl)ccc32)C[C@@H](c2cn(C)nn2)N1. The molecule has 2 heterocycles. The van der Waals surface area contributed by atoms with Gasteiger partial charge in [0.2, 0.25) is 0 Å². The molecule has 0 bridgehead atoms. The van der Waals surface area contributed by atoms with Gasteiger partial charge in [-0.25, -0.2) is 0 Å².